The van der Waals surface area contributed by atoms with E-state index in [9.17, 15) is 0 Å². The molecule has 1 heterocycles. The van der Waals surface area contributed by atoms with E-state index in [1.54, 1.807) is 0 Å². The molecule has 0 spiro atoms. The SMILES string of the molecule is CCC(NCc1cncn1CC)c1ccccc1. The van der Waals surface area contributed by atoms with Crippen LogP contribution >= 0.6 is 0 Å². The summed E-state index contributed by atoms with van der Waals surface area (Å²) in [5.41, 5.74) is 2.59. The Morgan fingerprint density at radius 2 is 2.00 bits per heavy atom. The monoisotopic (exact) mass is 243 g/mol. The first-order valence-corrected chi connectivity index (χ1v) is 6.62. The number of imidazole rings is 1. The Hall–Kier alpha value is -1.61. The molecular weight excluding hydrogens is 222 g/mol. The summed E-state index contributed by atoms with van der Waals surface area (Å²) in [5, 5.41) is 3.60. The molecule has 96 valence electrons. The van der Waals surface area contributed by atoms with E-state index in [1.165, 1.54) is 11.3 Å². The van der Waals surface area contributed by atoms with E-state index in [0.717, 1.165) is 19.5 Å². The van der Waals surface area contributed by atoms with Crippen molar-refractivity contribution >= 4 is 0 Å². The number of benzene rings is 1. The molecule has 1 aromatic carbocycles. The molecule has 0 radical (unpaired) electrons. The molecule has 0 saturated heterocycles. The second kappa shape index (κ2) is 6.36. The number of hydrogen-bond donors (Lipinski definition) is 1. The van der Waals surface area contributed by atoms with Crippen LogP contribution in [0.3, 0.4) is 0 Å². The molecular formula is C15H21N3. The van der Waals surface area contributed by atoms with Gasteiger partial charge in [-0.25, -0.2) is 4.98 Å². The van der Waals surface area contributed by atoms with Gasteiger partial charge in [-0.3, -0.25) is 0 Å². The van der Waals surface area contributed by atoms with Gasteiger partial charge in [-0.15, -0.1) is 0 Å². The lowest BCUT2D eigenvalue weighted by Gasteiger charge is -2.17. The van der Waals surface area contributed by atoms with Gasteiger partial charge in [0.1, 0.15) is 0 Å². The zero-order valence-corrected chi connectivity index (χ0v) is 11.1. The Bertz CT molecular complexity index is 462. The summed E-state index contributed by atoms with van der Waals surface area (Å²) in [6.45, 7) is 6.18. The lowest BCUT2D eigenvalue weighted by atomic mass is 10.0. The smallest absolute Gasteiger partial charge is 0.0948 e. The Kier molecular flexibility index (Phi) is 4.53. The van der Waals surface area contributed by atoms with Gasteiger partial charge in [-0.1, -0.05) is 37.3 Å². The molecule has 3 heteroatoms. The van der Waals surface area contributed by atoms with Gasteiger partial charge in [0, 0.05) is 25.3 Å². The molecule has 3 nitrogen and oxygen atoms in total. The van der Waals surface area contributed by atoms with E-state index in [-0.39, 0.29) is 0 Å². The standard InChI is InChI=1S/C15H21N3/c1-3-15(13-8-6-5-7-9-13)17-11-14-10-16-12-18(14)4-2/h5-10,12,15,17H,3-4,11H2,1-2H3. The predicted octanol–water partition coefficient (Wildman–Crippen LogP) is 3.14. The summed E-state index contributed by atoms with van der Waals surface area (Å²) in [7, 11) is 0. The Morgan fingerprint density at radius 3 is 2.67 bits per heavy atom. The lowest BCUT2D eigenvalue weighted by molar-refractivity contribution is 0.504. The van der Waals surface area contributed by atoms with E-state index in [4.69, 9.17) is 0 Å². The van der Waals surface area contributed by atoms with Crippen molar-refractivity contribution in [2.45, 2.75) is 39.4 Å². The summed E-state index contributed by atoms with van der Waals surface area (Å²) in [5.74, 6) is 0. The minimum atomic E-state index is 0.409. The van der Waals surface area contributed by atoms with Crippen molar-refractivity contribution in [1.29, 1.82) is 0 Å². The fourth-order valence-corrected chi connectivity index (χ4v) is 2.19. The van der Waals surface area contributed by atoms with E-state index in [2.05, 4.69) is 59.0 Å². The van der Waals surface area contributed by atoms with Crippen molar-refractivity contribution in [2.24, 2.45) is 0 Å². The maximum atomic E-state index is 4.19. The summed E-state index contributed by atoms with van der Waals surface area (Å²) in [6.07, 6.45) is 4.92. The average Bonchev–Trinajstić information content (AvgIpc) is 2.88. The van der Waals surface area contributed by atoms with Crippen LogP contribution in [0.15, 0.2) is 42.9 Å². The first-order chi connectivity index (χ1) is 8.85. The van der Waals surface area contributed by atoms with Crippen molar-refractivity contribution in [3.8, 4) is 0 Å². The first-order valence-electron chi connectivity index (χ1n) is 6.62. The molecule has 18 heavy (non-hydrogen) atoms. The van der Waals surface area contributed by atoms with Crippen LogP contribution in [0.2, 0.25) is 0 Å². The molecule has 1 aromatic heterocycles. The van der Waals surface area contributed by atoms with Gasteiger partial charge in [0.05, 0.1) is 12.0 Å². The molecule has 0 amide bonds. The number of aromatic nitrogens is 2. The van der Waals surface area contributed by atoms with Crippen molar-refractivity contribution in [3.63, 3.8) is 0 Å². The topological polar surface area (TPSA) is 29.9 Å². The van der Waals surface area contributed by atoms with Crippen LogP contribution in [0.4, 0.5) is 0 Å². The summed E-state index contributed by atoms with van der Waals surface area (Å²) < 4.78 is 2.17. The third-order valence-corrected chi connectivity index (χ3v) is 3.28. The maximum absolute atomic E-state index is 4.19. The average molecular weight is 243 g/mol. The Labute approximate surface area is 109 Å². The molecule has 2 rings (SSSR count). The van der Waals surface area contributed by atoms with Gasteiger partial charge in [-0.2, -0.15) is 0 Å². The largest absolute Gasteiger partial charge is 0.334 e. The van der Waals surface area contributed by atoms with E-state index in [0.29, 0.717) is 6.04 Å². The Balaban J connectivity index is 2.00. The van der Waals surface area contributed by atoms with Gasteiger partial charge in [0.15, 0.2) is 0 Å². The van der Waals surface area contributed by atoms with Crippen LogP contribution in [-0.4, -0.2) is 9.55 Å². The minimum absolute atomic E-state index is 0.409. The molecule has 1 unspecified atom stereocenters. The van der Waals surface area contributed by atoms with Crippen LogP contribution in [0.5, 0.6) is 0 Å². The normalized spacial score (nSPS) is 12.6. The van der Waals surface area contributed by atoms with Crippen LogP contribution in [0.25, 0.3) is 0 Å². The molecule has 0 fully saturated rings. The highest BCUT2D eigenvalue weighted by Gasteiger charge is 2.09. The molecule has 2 aromatic rings. The molecule has 1 N–H and O–H groups in total. The second-order valence-corrected chi connectivity index (χ2v) is 4.42. The van der Waals surface area contributed by atoms with Gasteiger partial charge >= 0.3 is 0 Å². The van der Waals surface area contributed by atoms with Crippen molar-refractivity contribution in [3.05, 3.63) is 54.1 Å². The minimum Gasteiger partial charge on any atom is -0.334 e. The number of rotatable bonds is 6. The lowest BCUT2D eigenvalue weighted by Crippen LogP contribution is -2.21. The molecule has 0 saturated carbocycles. The number of nitrogens with zero attached hydrogens (tertiary/aromatic N) is 2. The summed E-state index contributed by atoms with van der Waals surface area (Å²) in [4.78, 5) is 4.19. The highest BCUT2D eigenvalue weighted by atomic mass is 15.1. The molecule has 0 aliphatic carbocycles. The van der Waals surface area contributed by atoms with Gasteiger partial charge in [0.25, 0.3) is 0 Å². The second-order valence-electron chi connectivity index (χ2n) is 4.42. The third kappa shape index (κ3) is 2.99. The van der Waals surface area contributed by atoms with Crippen molar-refractivity contribution < 1.29 is 0 Å². The van der Waals surface area contributed by atoms with E-state index < -0.39 is 0 Å². The zero-order valence-electron chi connectivity index (χ0n) is 11.1. The van der Waals surface area contributed by atoms with Crippen LogP contribution in [0.1, 0.15) is 37.6 Å². The number of hydrogen-bond acceptors (Lipinski definition) is 2. The third-order valence-electron chi connectivity index (χ3n) is 3.28. The number of nitrogens with one attached hydrogen (secondary N) is 1. The van der Waals surface area contributed by atoms with Crippen LogP contribution in [0, 0.1) is 0 Å². The van der Waals surface area contributed by atoms with Crippen molar-refractivity contribution in [1.82, 2.24) is 14.9 Å². The summed E-state index contributed by atoms with van der Waals surface area (Å²) >= 11 is 0. The van der Waals surface area contributed by atoms with Crippen LogP contribution < -0.4 is 5.32 Å². The molecule has 1 atom stereocenters. The number of aryl methyl sites for hydroxylation is 1. The molecule has 0 bridgehead atoms. The van der Waals surface area contributed by atoms with Gasteiger partial charge in [0.2, 0.25) is 0 Å². The fourth-order valence-electron chi connectivity index (χ4n) is 2.19. The van der Waals surface area contributed by atoms with Gasteiger partial charge < -0.3 is 9.88 Å². The maximum Gasteiger partial charge on any atom is 0.0948 e. The van der Waals surface area contributed by atoms with E-state index in [1.807, 2.05) is 12.5 Å². The zero-order chi connectivity index (χ0) is 12.8. The van der Waals surface area contributed by atoms with E-state index >= 15 is 0 Å². The quantitative estimate of drug-likeness (QED) is 0.844. The highest BCUT2D eigenvalue weighted by Crippen LogP contribution is 2.16. The molecule has 0 aliphatic rings. The summed E-state index contributed by atoms with van der Waals surface area (Å²) in [6, 6.07) is 11.0. The fraction of sp³-hybridized carbons (Fsp3) is 0.400. The van der Waals surface area contributed by atoms with Crippen LogP contribution in [-0.2, 0) is 13.1 Å². The van der Waals surface area contributed by atoms with Crippen molar-refractivity contribution in [2.75, 3.05) is 0 Å². The molecule has 0 aliphatic heterocycles. The Morgan fingerprint density at radius 1 is 1.22 bits per heavy atom. The first kappa shape index (κ1) is 12.8. The highest BCUT2D eigenvalue weighted by molar-refractivity contribution is 5.18. The predicted molar refractivity (Wildman–Crippen MR) is 74.2 cm³/mol. The van der Waals surface area contributed by atoms with Gasteiger partial charge in [-0.05, 0) is 18.9 Å².